The van der Waals surface area contributed by atoms with Crippen LogP contribution in [0, 0.1) is 16.7 Å². The highest BCUT2D eigenvalue weighted by atomic mass is 16.7. The lowest BCUT2D eigenvalue weighted by atomic mass is 9.50. The van der Waals surface area contributed by atoms with Gasteiger partial charge in [0.2, 0.25) is 6.29 Å². The topological polar surface area (TPSA) is 55.8 Å². The van der Waals surface area contributed by atoms with E-state index >= 15 is 0 Å². The molecule has 4 heteroatoms. The normalized spacial score (nSPS) is 41.6. The summed E-state index contributed by atoms with van der Waals surface area (Å²) >= 11 is 0. The van der Waals surface area contributed by atoms with Crippen LogP contribution in [0.2, 0.25) is 0 Å². The second-order valence-electron chi connectivity index (χ2n) is 7.59. The molecule has 4 nitrogen and oxygen atoms in total. The summed E-state index contributed by atoms with van der Waals surface area (Å²) in [6.07, 6.45) is 2.63. The average Bonchev–Trinajstić information content (AvgIpc) is 2.71. The lowest BCUT2D eigenvalue weighted by Gasteiger charge is -2.54. The molecule has 4 atom stereocenters. The second kappa shape index (κ2) is 4.82. The molecule has 0 spiro atoms. The Morgan fingerprint density at radius 1 is 1.33 bits per heavy atom. The largest absolute Gasteiger partial charge is 0.428 e. The summed E-state index contributed by atoms with van der Waals surface area (Å²) in [6.45, 7) is 9.03. The molecule has 2 aliphatic carbocycles. The monoisotopic (exact) mass is 294 g/mol. The summed E-state index contributed by atoms with van der Waals surface area (Å²) in [7, 11) is 0. The third-order valence-corrected chi connectivity index (χ3v) is 5.90. The van der Waals surface area contributed by atoms with Crippen LogP contribution in [-0.2, 0) is 14.3 Å². The first-order chi connectivity index (χ1) is 9.81. The minimum absolute atomic E-state index is 0.135. The van der Waals surface area contributed by atoms with E-state index in [0.717, 1.165) is 19.3 Å². The molecule has 0 aromatic heterocycles. The Kier molecular flexibility index (Phi) is 3.45. The van der Waals surface area contributed by atoms with Crippen molar-refractivity contribution in [3.8, 4) is 0 Å². The van der Waals surface area contributed by atoms with Gasteiger partial charge in [-0.25, -0.2) is 4.79 Å². The number of rotatable bonds is 2. The molecule has 3 aliphatic rings. The van der Waals surface area contributed by atoms with Crippen LogP contribution in [0.1, 0.15) is 53.4 Å². The first kappa shape index (κ1) is 15.0. The zero-order chi connectivity index (χ0) is 15.4. The van der Waals surface area contributed by atoms with Gasteiger partial charge < -0.3 is 14.6 Å². The summed E-state index contributed by atoms with van der Waals surface area (Å²) in [5, 5.41) is 10.6. The number of ether oxygens (including phenoxy) is 2. The summed E-state index contributed by atoms with van der Waals surface area (Å²) in [5.74, 6) is 0.0211. The van der Waals surface area contributed by atoms with E-state index in [2.05, 4.69) is 20.8 Å². The van der Waals surface area contributed by atoms with E-state index < -0.39 is 12.4 Å². The molecule has 1 fully saturated rings. The number of hydrogen-bond donors (Lipinski definition) is 1. The van der Waals surface area contributed by atoms with E-state index in [9.17, 15) is 9.90 Å². The molecule has 1 N–H and O–H groups in total. The minimum atomic E-state index is -0.685. The van der Waals surface area contributed by atoms with Crippen LogP contribution in [0.4, 0.5) is 0 Å². The van der Waals surface area contributed by atoms with Crippen molar-refractivity contribution < 1.29 is 19.4 Å². The van der Waals surface area contributed by atoms with Crippen LogP contribution in [0.15, 0.2) is 11.1 Å². The van der Waals surface area contributed by atoms with Gasteiger partial charge in [0.25, 0.3) is 0 Å². The van der Waals surface area contributed by atoms with Crippen molar-refractivity contribution in [3.63, 3.8) is 0 Å². The summed E-state index contributed by atoms with van der Waals surface area (Å²) in [5.41, 5.74) is 1.34. The Morgan fingerprint density at radius 2 is 2.05 bits per heavy atom. The highest BCUT2D eigenvalue weighted by Gasteiger charge is 2.58. The van der Waals surface area contributed by atoms with E-state index in [-0.39, 0.29) is 16.8 Å². The maximum Gasteiger partial charge on any atom is 0.337 e. The van der Waals surface area contributed by atoms with Crippen molar-refractivity contribution in [2.75, 3.05) is 6.61 Å². The molecule has 1 aliphatic heterocycles. The fraction of sp³-hybridized carbons (Fsp3) is 0.824. The van der Waals surface area contributed by atoms with Gasteiger partial charge in [-0.05, 0) is 37.5 Å². The summed E-state index contributed by atoms with van der Waals surface area (Å²) < 4.78 is 10.9. The van der Waals surface area contributed by atoms with Crippen molar-refractivity contribution in [3.05, 3.63) is 11.1 Å². The van der Waals surface area contributed by atoms with E-state index in [0.29, 0.717) is 30.1 Å². The highest BCUT2D eigenvalue weighted by molar-refractivity contribution is 5.94. The molecule has 0 radical (unpaired) electrons. The maximum atomic E-state index is 12.4. The highest BCUT2D eigenvalue weighted by Crippen LogP contribution is 2.61. The molecule has 0 unspecified atom stereocenters. The number of fused-ring (bicyclic) bond motifs is 2. The van der Waals surface area contributed by atoms with Crippen LogP contribution in [0.25, 0.3) is 0 Å². The molecular formula is C17H26O4. The molecular weight excluding hydrogens is 268 g/mol. The van der Waals surface area contributed by atoms with Crippen molar-refractivity contribution in [1.29, 1.82) is 0 Å². The lowest BCUT2D eigenvalue weighted by Crippen LogP contribution is -2.49. The van der Waals surface area contributed by atoms with Crippen LogP contribution in [-0.4, -0.2) is 30.1 Å². The van der Waals surface area contributed by atoms with Gasteiger partial charge in [0.15, 0.2) is 0 Å². The van der Waals surface area contributed by atoms with Crippen LogP contribution in [0.3, 0.4) is 0 Å². The predicted molar refractivity (Wildman–Crippen MR) is 78.4 cm³/mol. The number of hydrogen-bond acceptors (Lipinski definition) is 4. The van der Waals surface area contributed by atoms with Crippen LogP contribution in [0.5, 0.6) is 0 Å². The zero-order valence-corrected chi connectivity index (χ0v) is 13.4. The van der Waals surface area contributed by atoms with E-state index in [1.807, 2.05) is 6.92 Å². The molecule has 118 valence electrons. The number of carbonyl (C=O) groups is 1. The zero-order valence-electron chi connectivity index (χ0n) is 13.4. The first-order valence-electron chi connectivity index (χ1n) is 8.06. The van der Waals surface area contributed by atoms with E-state index in [4.69, 9.17) is 9.47 Å². The van der Waals surface area contributed by atoms with Gasteiger partial charge in [-0.1, -0.05) is 27.2 Å². The van der Waals surface area contributed by atoms with Gasteiger partial charge >= 0.3 is 5.97 Å². The first-order valence-corrected chi connectivity index (χ1v) is 8.06. The molecule has 3 rings (SSSR count). The van der Waals surface area contributed by atoms with Crippen molar-refractivity contribution in [1.82, 2.24) is 0 Å². The van der Waals surface area contributed by atoms with Gasteiger partial charge in [0.1, 0.15) is 0 Å². The van der Waals surface area contributed by atoms with Crippen LogP contribution < -0.4 is 0 Å². The number of esters is 1. The fourth-order valence-electron chi connectivity index (χ4n) is 4.97. The smallest absolute Gasteiger partial charge is 0.337 e. The van der Waals surface area contributed by atoms with Crippen LogP contribution >= 0.6 is 0 Å². The molecule has 0 saturated heterocycles. The molecule has 1 saturated carbocycles. The van der Waals surface area contributed by atoms with E-state index in [1.165, 1.54) is 0 Å². The molecule has 1 heterocycles. The Hall–Kier alpha value is -0.870. The third kappa shape index (κ3) is 2.07. The lowest BCUT2D eigenvalue weighted by molar-refractivity contribution is -0.160. The van der Waals surface area contributed by atoms with Gasteiger partial charge in [0, 0.05) is 17.6 Å². The van der Waals surface area contributed by atoms with Gasteiger partial charge in [-0.3, -0.25) is 0 Å². The van der Waals surface area contributed by atoms with Crippen molar-refractivity contribution >= 4 is 5.97 Å². The molecule has 0 bridgehead atoms. The SMILES string of the molecule is CCO[C@@H]1OC(=O)C2=C1[C@@H](O)C[C@H]1C(C)(C)CCC[C@]21C. The Balaban J connectivity index is 2.09. The number of aliphatic hydroxyl groups excluding tert-OH is 1. The Labute approximate surface area is 126 Å². The second-order valence-corrected chi connectivity index (χ2v) is 7.59. The van der Waals surface area contributed by atoms with E-state index in [1.54, 1.807) is 0 Å². The fourth-order valence-corrected chi connectivity index (χ4v) is 4.97. The standard InChI is InChI=1S/C17H26O4/c1-5-20-15-12-10(18)9-11-16(2,3)7-6-8-17(11,4)13(12)14(19)21-15/h10-11,15,18H,5-9H2,1-4H3/t10-,11-,15+,17-/m0/s1. The summed E-state index contributed by atoms with van der Waals surface area (Å²) in [4.78, 5) is 12.4. The van der Waals surface area contributed by atoms with Gasteiger partial charge in [0.05, 0.1) is 11.7 Å². The Bertz CT molecular complexity index is 493. The molecule has 21 heavy (non-hydrogen) atoms. The number of carbonyl (C=O) groups excluding carboxylic acids is 1. The number of aliphatic hydroxyl groups is 1. The number of cyclic esters (lactones) is 1. The molecule has 0 aromatic rings. The summed E-state index contributed by atoms with van der Waals surface area (Å²) in [6, 6.07) is 0. The minimum Gasteiger partial charge on any atom is -0.428 e. The average molecular weight is 294 g/mol. The van der Waals surface area contributed by atoms with Gasteiger partial charge in [-0.15, -0.1) is 0 Å². The quantitative estimate of drug-likeness (QED) is 0.796. The Morgan fingerprint density at radius 3 is 2.71 bits per heavy atom. The molecule has 0 amide bonds. The predicted octanol–water partition coefficient (Wildman–Crippen LogP) is 2.80. The van der Waals surface area contributed by atoms with Crippen molar-refractivity contribution in [2.24, 2.45) is 16.7 Å². The maximum absolute atomic E-state index is 12.4. The van der Waals surface area contributed by atoms with Gasteiger partial charge in [-0.2, -0.15) is 0 Å². The van der Waals surface area contributed by atoms with Crippen molar-refractivity contribution in [2.45, 2.75) is 65.8 Å². The third-order valence-electron chi connectivity index (χ3n) is 5.90. The molecule has 0 aromatic carbocycles.